The smallest absolute Gasteiger partial charge is 0.189 e. The third kappa shape index (κ3) is 47.4. The molecule has 0 rings (SSSR count). The molecule has 4 atom stereocenters. The zero-order valence-electron chi connectivity index (χ0n) is 43.6. The number of carbonyl (C=O) groups excluding carboxylic acids is 2. The van der Waals surface area contributed by atoms with Gasteiger partial charge in [-0.1, -0.05) is 205 Å². The van der Waals surface area contributed by atoms with Crippen molar-refractivity contribution in [2.45, 2.75) is 258 Å². The molecule has 0 heterocycles. The Morgan fingerprint density at radius 3 is 0.909 bits per heavy atom. The molecule has 0 aromatic carbocycles. The molecule has 0 saturated carbocycles. The highest BCUT2D eigenvalue weighted by atomic mass is 32.2. The molecular formula is C54H108N2O8S2. The Bertz CT molecular complexity index is 907. The summed E-state index contributed by atoms with van der Waals surface area (Å²) in [5.41, 5.74) is 0. The van der Waals surface area contributed by atoms with Crippen molar-refractivity contribution in [3.05, 3.63) is 0 Å². The lowest BCUT2D eigenvalue weighted by Crippen LogP contribution is -2.38. The number of aliphatic hydroxyl groups is 4. The van der Waals surface area contributed by atoms with Gasteiger partial charge in [0.05, 0.1) is 50.8 Å². The van der Waals surface area contributed by atoms with Gasteiger partial charge in [0, 0.05) is 50.5 Å². The third-order valence-electron chi connectivity index (χ3n) is 12.5. The minimum Gasteiger partial charge on any atom is -0.392 e. The molecule has 0 aromatic heterocycles. The molecule has 0 saturated heterocycles. The van der Waals surface area contributed by atoms with Crippen molar-refractivity contribution in [2.75, 3.05) is 77.2 Å². The number of aliphatic hydroxyl groups excluding tert-OH is 4. The molecule has 0 spiro atoms. The number of ether oxygens (including phenoxy) is 2. The summed E-state index contributed by atoms with van der Waals surface area (Å²) in [6.45, 7) is 14.3. The lowest BCUT2D eigenvalue weighted by molar-refractivity contribution is -0.112. The first kappa shape index (κ1) is 65.7. The Kier molecular flexibility index (Phi) is 50.9. The van der Waals surface area contributed by atoms with Crippen LogP contribution in [0, 0.1) is 0 Å². The molecule has 66 heavy (non-hydrogen) atoms. The second-order valence-corrected chi connectivity index (χ2v) is 21.5. The Labute approximate surface area is 416 Å². The maximum atomic E-state index is 12.7. The molecule has 0 radical (unpaired) electrons. The van der Waals surface area contributed by atoms with Crippen LogP contribution in [0.3, 0.4) is 0 Å². The Hall–Kier alpha value is -0.280. The molecule has 4 unspecified atom stereocenters. The highest BCUT2D eigenvalue weighted by Gasteiger charge is 2.18. The van der Waals surface area contributed by atoms with Gasteiger partial charge < -0.3 is 29.9 Å². The third-order valence-corrected chi connectivity index (χ3v) is 14.3. The van der Waals surface area contributed by atoms with Crippen molar-refractivity contribution in [3.63, 3.8) is 0 Å². The summed E-state index contributed by atoms with van der Waals surface area (Å²) in [5.74, 6) is 1.18. The fraction of sp³-hybridized carbons (Fsp3) is 0.963. The summed E-state index contributed by atoms with van der Waals surface area (Å²) in [6.07, 6.45) is 32.6. The molecule has 394 valence electrons. The van der Waals surface area contributed by atoms with Crippen molar-refractivity contribution in [2.24, 2.45) is 0 Å². The molecule has 0 amide bonds. The summed E-state index contributed by atoms with van der Waals surface area (Å²) in [4.78, 5) is 29.7. The van der Waals surface area contributed by atoms with Crippen LogP contribution in [0.25, 0.3) is 0 Å². The van der Waals surface area contributed by atoms with Crippen LogP contribution in [0.4, 0.5) is 0 Å². The quantitative estimate of drug-likeness (QED) is 0.0431. The van der Waals surface area contributed by atoms with Gasteiger partial charge in [-0.05, 0) is 51.6 Å². The van der Waals surface area contributed by atoms with Gasteiger partial charge in [-0.25, -0.2) is 0 Å². The van der Waals surface area contributed by atoms with E-state index in [2.05, 4.69) is 37.5 Å². The normalized spacial score (nSPS) is 13.8. The van der Waals surface area contributed by atoms with Gasteiger partial charge in [-0.3, -0.25) is 19.4 Å². The first-order chi connectivity index (χ1) is 32.1. The molecule has 12 heteroatoms. The van der Waals surface area contributed by atoms with E-state index in [9.17, 15) is 30.0 Å². The van der Waals surface area contributed by atoms with Crippen LogP contribution in [0.5, 0.6) is 0 Å². The predicted molar refractivity (Wildman–Crippen MR) is 284 cm³/mol. The van der Waals surface area contributed by atoms with Crippen molar-refractivity contribution < 1.29 is 39.5 Å². The Balaban J connectivity index is 4.36. The van der Waals surface area contributed by atoms with E-state index in [0.29, 0.717) is 103 Å². The molecule has 0 fully saturated rings. The van der Waals surface area contributed by atoms with E-state index in [0.717, 1.165) is 77.0 Å². The van der Waals surface area contributed by atoms with Gasteiger partial charge in [0.1, 0.15) is 0 Å². The van der Waals surface area contributed by atoms with Gasteiger partial charge in [0.2, 0.25) is 0 Å². The molecule has 0 bridgehead atoms. The van der Waals surface area contributed by atoms with Crippen LogP contribution in [0.1, 0.15) is 233 Å². The Morgan fingerprint density at radius 2 is 0.636 bits per heavy atom. The number of carbonyl (C=O) groups is 2. The van der Waals surface area contributed by atoms with Gasteiger partial charge >= 0.3 is 0 Å². The van der Waals surface area contributed by atoms with Crippen LogP contribution in [0.2, 0.25) is 0 Å². The van der Waals surface area contributed by atoms with Crippen LogP contribution < -0.4 is 0 Å². The number of thioether (sulfide) groups is 2. The molecule has 10 nitrogen and oxygen atoms in total. The molecule has 0 aliphatic heterocycles. The molecule has 0 aliphatic carbocycles. The molecule has 0 aromatic rings. The first-order valence-electron chi connectivity index (χ1n) is 27.8. The number of unbranched alkanes of at least 4 members (excludes halogenated alkanes) is 20. The predicted octanol–water partition coefficient (Wildman–Crippen LogP) is 12.1. The summed E-state index contributed by atoms with van der Waals surface area (Å²) in [5, 5.41) is 43.6. The van der Waals surface area contributed by atoms with E-state index in [1.165, 1.54) is 126 Å². The molecular weight excluding hydrogens is 869 g/mol. The molecule has 0 aliphatic rings. The zero-order valence-corrected chi connectivity index (χ0v) is 45.2. The Morgan fingerprint density at radius 1 is 0.379 bits per heavy atom. The maximum absolute atomic E-state index is 12.7. The highest BCUT2D eigenvalue weighted by Crippen LogP contribution is 2.17. The van der Waals surface area contributed by atoms with Crippen LogP contribution in [-0.4, -0.2) is 142 Å². The van der Waals surface area contributed by atoms with E-state index in [4.69, 9.17) is 9.47 Å². The van der Waals surface area contributed by atoms with Crippen molar-refractivity contribution in [1.82, 2.24) is 9.80 Å². The SMILES string of the molecule is CCCCCCCCC(O)CN(CCCC(=O)SCCOCCOCCSC(=O)CCCN(CC(O)CCCCCCCC)CC(O)CCCCCCCC)CC(O)CCCCCCCC. The summed E-state index contributed by atoms with van der Waals surface area (Å²) in [6, 6.07) is 0. The first-order valence-corrected chi connectivity index (χ1v) is 29.8. The summed E-state index contributed by atoms with van der Waals surface area (Å²) < 4.78 is 11.4. The number of hydrogen-bond acceptors (Lipinski definition) is 12. The van der Waals surface area contributed by atoms with Gasteiger partial charge in [0.25, 0.3) is 0 Å². The second kappa shape index (κ2) is 51.1. The monoisotopic (exact) mass is 977 g/mol. The van der Waals surface area contributed by atoms with Crippen LogP contribution in [0.15, 0.2) is 0 Å². The summed E-state index contributed by atoms with van der Waals surface area (Å²) in [7, 11) is 0. The number of hydrogen-bond donors (Lipinski definition) is 4. The fourth-order valence-corrected chi connectivity index (χ4v) is 9.94. The average Bonchev–Trinajstić information content (AvgIpc) is 3.28. The van der Waals surface area contributed by atoms with Crippen molar-refractivity contribution in [1.29, 1.82) is 0 Å². The fourth-order valence-electron chi connectivity index (χ4n) is 8.50. The number of rotatable bonds is 53. The maximum Gasteiger partial charge on any atom is 0.189 e. The van der Waals surface area contributed by atoms with E-state index in [-0.39, 0.29) is 10.2 Å². The largest absolute Gasteiger partial charge is 0.392 e. The van der Waals surface area contributed by atoms with Gasteiger partial charge in [-0.15, -0.1) is 0 Å². The van der Waals surface area contributed by atoms with E-state index < -0.39 is 24.4 Å². The van der Waals surface area contributed by atoms with Gasteiger partial charge in [0.15, 0.2) is 10.2 Å². The lowest BCUT2D eigenvalue weighted by atomic mass is 10.1. The van der Waals surface area contributed by atoms with E-state index >= 15 is 0 Å². The van der Waals surface area contributed by atoms with Crippen molar-refractivity contribution in [3.8, 4) is 0 Å². The summed E-state index contributed by atoms with van der Waals surface area (Å²) >= 11 is 2.61. The minimum absolute atomic E-state index is 0.145. The highest BCUT2D eigenvalue weighted by molar-refractivity contribution is 8.13. The second-order valence-electron chi connectivity index (χ2n) is 19.2. The van der Waals surface area contributed by atoms with Crippen molar-refractivity contribution >= 4 is 33.8 Å². The van der Waals surface area contributed by atoms with E-state index in [1.807, 2.05) is 0 Å². The van der Waals surface area contributed by atoms with Crippen LogP contribution >= 0.6 is 23.5 Å². The zero-order chi connectivity index (χ0) is 48.6. The van der Waals surface area contributed by atoms with Crippen LogP contribution in [-0.2, 0) is 19.1 Å². The molecule has 4 N–H and O–H groups in total. The minimum atomic E-state index is -0.408. The lowest BCUT2D eigenvalue weighted by Gasteiger charge is -2.27. The average molecular weight is 978 g/mol. The van der Waals surface area contributed by atoms with E-state index in [1.54, 1.807) is 0 Å². The van der Waals surface area contributed by atoms with Gasteiger partial charge in [-0.2, -0.15) is 0 Å². The number of nitrogens with zero attached hydrogens (tertiary/aromatic N) is 2. The topological polar surface area (TPSA) is 140 Å². The standard InChI is InChI=1S/C54H108N2O8S2/c1-5-9-13-17-21-25-31-49(57)45-55(46-50(58)32-26-22-18-14-10-6-2)37-29-35-53(61)65-43-41-63-39-40-64-42-44-66-54(62)36-30-38-56(47-51(59)33-27-23-19-15-11-7-3)48-52(60)34-28-24-20-16-12-8-4/h49-52,57-60H,5-48H2,1-4H3.